The summed E-state index contributed by atoms with van der Waals surface area (Å²) < 4.78 is 0. The predicted octanol–water partition coefficient (Wildman–Crippen LogP) is 2.24. The summed E-state index contributed by atoms with van der Waals surface area (Å²) in [7, 11) is 0. The van der Waals surface area contributed by atoms with Gasteiger partial charge >= 0.3 is 11.1 Å². The normalized spacial score (nSPS) is 17.0. The molecule has 0 amide bonds. The second-order valence-corrected chi connectivity index (χ2v) is 5.74. The Morgan fingerprint density at radius 3 is 2.47 bits per heavy atom. The topological polar surface area (TPSA) is 65.7 Å². The Balaban J connectivity index is 2.24. The molecular weight excluding hydrogens is 236 g/mol. The number of hydrogen-bond donors (Lipinski definition) is 2. The number of rotatable bonds is 1. The summed E-state index contributed by atoms with van der Waals surface area (Å²) in [5.41, 5.74) is 0.819. The van der Waals surface area contributed by atoms with Crippen LogP contribution in [-0.2, 0) is 0 Å². The Kier molecular flexibility index (Phi) is 2.43. The van der Waals surface area contributed by atoms with Crippen molar-refractivity contribution in [3.63, 3.8) is 0 Å². The lowest BCUT2D eigenvalue weighted by atomic mass is 10.0. The van der Waals surface area contributed by atoms with Gasteiger partial charge in [0.2, 0.25) is 0 Å². The molecule has 17 heavy (non-hydrogen) atoms. The molecular formula is C12H14N2O2S. The third-order valence-electron chi connectivity index (χ3n) is 3.58. The van der Waals surface area contributed by atoms with Crippen molar-refractivity contribution in [2.24, 2.45) is 0 Å². The zero-order valence-electron chi connectivity index (χ0n) is 9.63. The number of aryl methyl sites for hydroxylation is 1. The fourth-order valence-electron chi connectivity index (χ4n) is 2.68. The highest BCUT2D eigenvalue weighted by Gasteiger charge is 2.22. The lowest BCUT2D eigenvalue weighted by Gasteiger charge is -2.06. The molecule has 1 aliphatic carbocycles. The van der Waals surface area contributed by atoms with Crippen LogP contribution in [0.2, 0.25) is 0 Å². The monoisotopic (exact) mass is 250 g/mol. The molecule has 1 fully saturated rings. The standard InChI is InChI=1S/C12H14N2O2S/c1-6-8-12(14-11(16)10(15)13-8)17-9(6)7-4-2-3-5-7/h7H,2-5H2,1H3,(H,13,15)(H,14,16). The van der Waals surface area contributed by atoms with E-state index in [-0.39, 0.29) is 0 Å². The SMILES string of the molecule is Cc1c(C2CCCC2)sc2[nH]c(=O)c(=O)[nH]c12. The quantitative estimate of drug-likeness (QED) is 0.762. The minimum absolute atomic E-state index is 0.559. The lowest BCUT2D eigenvalue weighted by Crippen LogP contribution is -2.28. The highest BCUT2D eigenvalue weighted by atomic mass is 32.1. The van der Waals surface area contributed by atoms with Gasteiger partial charge in [-0.3, -0.25) is 9.59 Å². The number of thiophene rings is 1. The van der Waals surface area contributed by atoms with Crippen molar-refractivity contribution in [2.45, 2.75) is 38.5 Å². The molecule has 3 rings (SSSR count). The highest BCUT2D eigenvalue weighted by molar-refractivity contribution is 7.18. The van der Waals surface area contributed by atoms with E-state index in [2.05, 4.69) is 9.97 Å². The molecule has 0 spiro atoms. The van der Waals surface area contributed by atoms with Crippen LogP contribution in [0.15, 0.2) is 9.59 Å². The summed E-state index contributed by atoms with van der Waals surface area (Å²) in [6, 6.07) is 0. The van der Waals surface area contributed by atoms with E-state index in [1.165, 1.54) is 30.6 Å². The summed E-state index contributed by atoms with van der Waals surface area (Å²) >= 11 is 1.62. The minimum Gasteiger partial charge on any atom is -0.315 e. The predicted molar refractivity (Wildman–Crippen MR) is 69.0 cm³/mol. The maximum absolute atomic E-state index is 11.3. The smallest absolute Gasteiger partial charge is 0.314 e. The van der Waals surface area contributed by atoms with Crippen molar-refractivity contribution < 1.29 is 0 Å². The van der Waals surface area contributed by atoms with E-state index >= 15 is 0 Å². The van der Waals surface area contributed by atoms with Gasteiger partial charge in [0.25, 0.3) is 0 Å². The Morgan fingerprint density at radius 2 is 1.76 bits per heavy atom. The molecule has 2 aromatic rings. The van der Waals surface area contributed by atoms with Gasteiger partial charge in [-0.25, -0.2) is 0 Å². The third-order valence-corrected chi connectivity index (χ3v) is 4.95. The van der Waals surface area contributed by atoms with Crippen LogP contribution in [0.5, 0.6) is 0 Å². The Labute approximate surface area is 102 Å². The number of nitrogens with one attached hydrogen (secondary N) is 2. The molecule has 1 aliphatic rings. The molecule has 4 nitrogen and oxygen atoms in total. The van der Waals surface area contributed by atoms with E-state index in [1.807, 2.05) is 6.92 Å². The summed E-state index contributed by atoms with van der Waals surface area (Å²) in [6.45, 7) is 2.03. The van der Waals surface area contributed by atoms with Crippen molar-refractivity contribution in [1.82, 2.24) is 9.97 Å². The van der Waals surface area contributed by atoms with Crippen LogP contribution in [-0.4, -0.2) is 9.97 Å². The second-order valence-electron chi connectivity index (χ2n) is 4.69. The molecule has 1 saturated carbocycles. The molecule has 2 aromatic heterocycles. The van der Waals surface area contributed by atoms with Gasteiger partial charge in [-0.15, -0.1) is 11.3 Å². The lowest BCUT2D eigenvalue weighted by molar-refractivity contribution is 0.734. The summed E-state index contributed by atoms with van der Waals surface area (Å²) in [5.74, 6) is 0.611. The molecule has 2 heterocycles. The number of hydrogen-bond acceptors (Lipinski definition) is 3. The van der Waals surface area contributed by atoms with Crippen molar-refractivity contribution in [3.05, 3.63) is 31.1 Å². The molecule has 0 bridgehead atoms. The van der Waals surface area contributed by atoms with Crippen LogP contribution >= 0.6 is 11.3 Å². The zero-order valence-corrected chi connectivity index (χ0v) is 10.4. The van der Waals surface area contributed by atoms with Gasteiger partial charge < -0.3 is 9.97 Å². The highest BCUT2D eigenvalue weighted by Crippen LogP contribution is 2.41. The Bertz CT molecular complexity index is 674. The van der Waals surface area contributed by atoms with Gasteiger partial charge in [0.15, 0.2) is 0 Å². The van der Waals surface area contributed by atoms with E-state index in [4.69, 9.17) is 0 Å². The van der Waals surface area contributed by atoms with Crippen molar-refractivity contribution in [3.8, 4) is 0 Å². The summed E-state index contributed by atoms with van der Waals surface area (Å²) in [6.07, 6.45) is 5.01. The van der Waals surface area contributed by atoms with E-state index in [0.29, 0.717) is 5.92 Å². The number of fused-ring (bicyclic) bond motifs is 1. The molecule has 0 radical (unpaired) electrons. The van der Waals surface area contributed by atoms with Gasteiger partial charge in [-0.1, -0.05) is 12.8 Å². The van der Waals surface area contributed by atoms with Crippen LogP contribution in [0.25, 0.3) is 10.3 Å². The molecule has 0 saturated heterocycles. The van der Waals surface area contributed by atoms with Gasteiger partial charge in [-0.05, 0) is 31.2 Å². The van der Waals surface area contributed by atoms with E-state index in [9.17, 15) is 9.59 Å². The maximum atomic E-state index is 11.3. The number of aromatic nitrogens is 2. The van der Waals surface area contributed by atoms with Crippen molar-refractivity contribution in [1.29, 1.82) is 0 Å². The first-order valence-electron chi connectivity index (χ1n) is 5.92. The van der Waals surface area contributed by atoms with Crippen LogP contribution in [0.4, 0.5) is 0 Å². The van der Waals surface area contributed by atoms with Crippen molar-refractivity contribution in [2.75, 3.05) is 0 Å². The third kappa shape index (κ3) is 1.65. The largest absolute Gasteiger partial charge is 0.315 e. The number of aromatic amines is 2. The molecule has 2 N–H and O–H groups in total. The first-order valence-corrected chi connectivity index (χ1v) is 6.74. The van der Waals surface area contributed by atoms with Gasteiger partial charge in [-0.2, -0.15) is 0 Å². The maximum Gasteiger partial charge on any atom is 0.314 e. The molecule has 0 aromatic carbocycles. The van der Waals surface area contributed by atoms with Gasteiger partial charge in [0, 0.05) is 4.88 Å². The first kappa shape index (κ1) is 10.8. The van der Waals surface area contributed by atoms with Gasteiger partial charge in [0.05, 0.1) is 5.52 Å². The fourth-order valence-corrected chi connectivity index (χ4v) is 4.00. The zero-order chi connectivity index (χ0) is 12.0. The molecule has 0 unspecified atom stereocenters. The Morgan fingerprint density at radius 1 is 1.12 bits per heavy atom. The molecule has 5 heteroatoms. The molecule has 90 valence electrons. The van der Waals surface area contributed by atoms with E-state index in [1.54, 1.807) is 11.3 Å². The van der Waals surface area contributed by atoms with Crippen LogP contribution in [0.3, 0.4) is 0 Å². The molecule has 0 aliphatic heterocycles. The van der Waals surface area contributed by atoms with Crippen LogP contribution < -0.4 is 11.1 Å². The Hall–Kier alpha value is -1.36. The summed E-state index contributed by atoms with van der Waals surface area (Å²) in [4.78, 5) is 30.1. The van der Waals surface area contributed by atoms with E-state index in [0.717, 1.165) is 15.9 Å². The fraction of sp³-hybridized carbons (Fsp3) is 0.500. The molecule has 0 atom stereocenters. The minimum atomic E-state index is -0.559. The second kappa shape index (κ2) is 3.84. The van der Waals surface area contributed by atoms with E-state index < -0.39 is 11.1 Å². The average Bonchev–Trinajstić information content (AvgIpc) is 2.90. The van der Waals surface area contributed by atoms with Gasteiger partial charge in [0.1, 0.15) is 4.83 Å². The van der Waals surface area contributed by atoms with Crippen LogP contribution in [0, 0.1) is 6.92 Å². The average molecular weight is 250 g/mol. The van der Waals surface area contributed by atoms with Crippen molar-refractivity contribution >= 4 is 21.7 Å². The first-order chi connectivity index (χ1) is 8.16. The summed E-state index contributed by atoms with van der Waals surface area (Å²) in [5, 5.41) is 0. The van der Waals surface area contributed by atoms with Crippen LogP contribution in [0.1, 0.15) is 42.0 Å². The number of H-pyrrole nitrogens is 2.